The number of nitrogens with zero attached hydrogens (tertiary/aromatic N) is 4. The Morgan fingerprint density at radius 1 is 1.03 bits per heavy atom. The van der Waals surface area contributed by atoms with Gasteiger partial charge in [0.25, 0.3) is 5.56 Å². The topological polar surface area (TPSA) is 61.4 Å². The molecule has 0 unspecified atom stereocenters. The van der Waals surface area contributed by atoms with Crippen molar-refractivity contribution in [2.24, 2.45) is 5.10 Å². The molecular formula is C31H32N4O2. The molecule has 6 heteroatoms. The van der Waals surface area contributed by atoms with Crippen LogP contribution in [0.25, 0.3) is 33.2 Å². The Bertz CT molecular complexity index is 1720. The molecule has 0 aliphatic rings. The lowest BCUT2D eigenvalue weighted by Crippen LogP contribution is -2.21. The fraction of sp³-hybridized carbons (Fsp3) is 0.258. The second-order valence-corrected chi connectivity index (χ2v) is 9.64. The highest BCUT2D eigenvalue weighted by molar-refractivity contribution is 6.01. The van der Waals surface area contributed by atoms with Crippen LogP contribution in [-0.2, 0) is 6.54 Å². The van der Waals surface area contributed by atoms with Crippen molar-refractivity contribution in [3.8, 4) is 17.1 Å². The minimum Gasteiger partial charge on any atom is -0.496 e. The molecule has 2 aromatic heterocycles. The fourth-order valence-electron chi connectivity index (χ4n) is 5.12. The van der Waals surface area contributed by atoms with Gasteiger partial charge in [-0.2, -0.15) is 9.78 Å². The van der Waals surface area contributed by atoms with Gasteiger partial charge in [-0.25, -0.2) is 4.98 Å². The van der Waals surface area contributed by atoms with Crippen LogP contribution in [0, 0.1) is 13.8 Å². The first-order valence-corrected chi connectivity index (χ1v) is 12.7. The van der Waals surface area contributed by atoms with Gasteiger partial charge in [-0.05, 0) is 68.1 Å². The van der Waals surface area contributed by atoms with E-state index in [1.807, 2.05) is 43.3 Å². The van der Waals surface area contributed by atoms with E-state index in [4.69, 9.17) is 14.8 Å². The highest BCUT2D eigenvalue weighted by Gasteiger charge is 2.19. The van der Waals surface area contributed by atoms with E-state index < -0.39 is 0 Å². The zero-order valence-electron chi connectivity index (χ0n) is 22.2. The molecule has 0 N–H and O–H groups in total. The Morgan fingerprint density at radius 2 is 1.73 bits per heavy atom. The van der Waals surface area contributed by atoms with Crippen LogP contribution >= 0.6 is 0 Å². The van der Waals surface area contributed by atoms with Crippen molar-refractivity contribution in [1.29, 1.82) is 0 Å². The quantitative estimate of drug-likeness (QED) is 0.249. The van der Waals surface area contributed by atoms with Crippen LogP contribution in [0.2, 0.25) is 0 Å². The van der Waals surface area contributed by atoms with Crippen LogP contribution in [0.1, 0.15) is 49.1 Å². The number of aryl methyl sites for hydroxylation is 2. The lowest BCUT2D eigenvalue weighted by Gasteiger charge is -2.17. The van der Waals surface area contributed by atoms with Crippen LogP contribution in [0.15, 0.2) is 70.6 Å². The standard InChI is InChI=1S/C31H32N4O2/c1-7-34-21(5)26(22-12-9-11-15-28(22)34)18-32-35-30(33-27-14-10-8-13-23(27)31(35)36)25-17-24(19(2)3)29(37-6)16-20(25)4/h8-19H,7H2,1-6H3. The molecule has 0 aliphatic heterocycles. The summed E-state index contributed by atoms with van der Waals surface area (Å²) in [7, 11) is 1.68. The number of aromatic nitrogens is 3. The van der Waals surface area contributed by atoms with Crippen LogP contribution in [0.4, 0.5) is 0 Å². The molecule has 2 heterocycles. The first-order valence-electron chi connectivity index (χ1n) is 12.7. The van der Waals surface area contributed by atoms with Crippen LogP contribution in [-0.4, -0.2) is 27.6 Å². The van der Waals surface area contributed by atoms with Gasteiger partial charge in [-0.1, -0.05) is 44.2 Å². The Hall–Kier alpha value is -4.19. The monoisotopic (exact) mass is 492 g/mol. The highest BCUT2D eigenvalue weighted by Crippen LogP contribution is 2.34. The fourth-order valence-corrected chi connectivity index (χ4v) is 5.12. The van der Waals surface area contributed by atoms with Gasteiger partial charge in [-0.15, -0.1) is 0 Å². The average Bonchev–Trinajstić information content (AvgIpc) is 3.18. The van der Waals surface area contributed by atoms with E-state index in [0.717, 1.165) is 51.1 Å². The molecule has 0 fully saturated rings. The van der Waals surface area contributed by atoms with Crippen LogP contribution in [0.3, 0.4) is 0 Å². The zero-order chi connectivity index (χ0) is 26.3. The molecule has 0 saturated carbocycles. The molecule has 37 heavy (non-hydrogen) atoms. The van der Waals surface area contributed by atoms with E-state index >= 15 is 0 Å². The summed E-state index contributed by atoms with van der Waals surface area (Å²) in [6, 6.07) is 19.8. The van der Waals surface area contributed by atoms with Crippen molar-refractivity contribution in [3.63, 3.8) is 0 Å². The second kappa shape index (κ2) is 9.69. The van der Waals surface area contributed by atoms with Crippen molar-refractivity contribution >= 4 is 28.0 Å². The van der Waals surface area contributed by atoms with Gasteiger partial charge in [-0.3, -0.25) is 4.79 Å². The van der Waals surface area contributed by atoms with E-state index in [2.05, 4.69) is 50.5 Å². The molecular weight excluding hydrogens is 460 g/mol. The van der Waals surface area contributed by atoms with Gasteiger partial charge in [0.2, 0.25) is 0 Å². The Kier molecular flexibility index (Phi) is 6.42. The molecule has 5 rings (SSSR count). The molecule has 0 radical (unpaired) electrons. The second-order valence-electron chi connectivity index (χ2n) is 9.64. The highest BCUT2D eigenvalue weighted by atomic mass is 16.5. The third-order valence-corrected chi connectivity index (χ3v) is 7.09. The number of rotatable bonds is 6. The molecule has 0 atom stereocenters. The Balaban J connectivity index is 1.79. The Morgan fingerprint density at radius 3 is 2.43 bits per heavy atom. The van der Waals surface area contributed by atoms with Crippen molar-refractivity contribution in [2.45, 2.75) is 47.1 Å². The van der Waals surface area contributed by atoms with Gasteiger partial charge in [0.15, 0.2) is 5.82 Å². The maximum atomic E-state index is 13.8. The Labute approximate surface area is 216 Å². The summed E-state index contributed by atoms with van der Waals surface area (Å²) >= 11 is 0. The van der Waals surface area contributed by atoms with E-state index in [-0.39, 0.29) is 11.5 Å². The van der Waals surface area contributed by atoms with Crippen LogP contribution < -0.4 is 10.3 Å². The molecule has 3 aromatic carbocycles. The predicted octanol–water partition coefficient (Wildman–Crippen LogP) is 6.67. The number of ether oxygens (including phenoxy) is 1. The van der Waals surface area contributed by atoms with E-state index in [1.165, 1.54) is 4.68 Å². The van der Waals surface area contributed by atoms with Gasteiger partial charge in [0.05, 0.1) is 24.2 Å². The molecule has 0 spiro atoms. The number of hydrogen-bond donors (Lipinski definition) is 0. The smallest absolute Gasteiger partial charge is 0.282 e. The van der Waals surface area contributed by atoms with Crippen LogP contribution in [0.5, 0.6) is 5.75 Å². The van der Waals surface area contributed by atoms with Gasteiger partial charge >= 0.3 is 0 Å². The van der Waals surface area contributed by atoms with Crippen molar-refractivity contribution < 1.29 is 4.74 Å². The molecule has 0 bridgehead atoms. The number of benzene rings is 3. The van der Waals surface area contributed by atoms with E-state index in [9.17, 15) is 4.79 Å². The lowest BCUT2D eigenvalue weighted by molar-refractivity contribution is 0.407. The third kappa shape index (κ3) is 4.12. The average molecular weight is 493 g/mol. The first kappa shape index (κ1) is 24.5. The third-order valence-electron chi connectivity index (χ3n) is 7.09. The minimum absolute atomic E-state index is 0.199. The van der Waals surface area contributed by atoms with Crippen molar-refractivity contribution in [2.75, 3.05) is 7.11 Å². The summed E-state index contributed by atoms with van der Waals surface area (Å²) in [4.78, 5) is 18.7. The number of hydrogen-bond acceptors (Lipinski definition) is 4. The molecule has 188 valence electrons. The largest absolute Gasteiger partial charge is 0.496 e. The summed E-state index contributed by atoms with van der Waals surface area (Å²) in [5, 5.41) is 6.43. The zero-order valence-corrected chi connectivity index (χ0v) is 22.2. The number of methoxy groups -OCH3 is 1. The number of fused-ring (bicyclic) bond motifs is 2. The van der Waals surface area contributed by atoms with Crippen molar-refractivity contribution in [1.82, 2.24) is 14.2 Å². The van der Waals surface area contributed by atoms with Gasteiger partial charge < -0.3 is 9.30 Å². The normalized spacial score (nSPS) is 11.9. The summed E-state index contributed by atoms with van der Waals surface area (Å²) in [6.45, 7) is 11.3. The molecule has 0 saturated heterocycles. The first-order chi connectivity index (χ1) is 17.8. The van der Waals surface area contributed by atoms with E-state index in [0.29, 0.717) is 16.7 Å². The van der Waals surface area contributed by atoms with Gasteiger partial charge in [0, 0.05) is 34.3 Å². The molecule has 6 nitrogen and oxygen atoms in total. The summed E-state index contributed by atoms with van der Waals surface area (Å²) in [5.41, 5.74) is 6.59. The SMILES string of the molecule is CCn1c(C)c(C=Nn2c(-c3cc(C(C)C)c(OC)cc3C)nc3ccccc3c2=O)c2ccccc21. The minimum atomic E-state index is -0.199. The van der Waals surface area contributed by atoms with Gasteiger partial charge in [0.1, 0.15) is 5.75 Å². The maximum absolute atomic E-state index is 13.8. The molecule has 0 aliphatic carbocycles. The van der Waals surface area contributed by atoms with Crippen molar-refractivity contribution in [3.05, 3.63) is 93.4 Å². The lowest BCUT2D eigenvalue weighted by atomic mass is 9.96. The van der Waals surface area contributed by atoms with E-state index in [1.54, 1.807) is 19.4 Å². The molecule has 0 amide bonds. The predicted molar refractivity (Wildman–Crippen MR) is 152 cm³/mol. The molecule has 5 aromatic rings. The summed E-state index contributed by atoms with van der Waals surface area (Å²) < 4.78 is 9.36. The number of para-hydroxylation sites is 2. The summed E-state index contributed by atoms with van der Waals surface area (Å²) in [6.07, 6.45) is 1.80. The maximum Gasteiger partial charge on any atom is 0.282 e. The summed E-state index contributed by atoms with van der Waals surface area (Å²) in [5.74, 6) is 1.58.